The van der Waals surface area contributed by atoms with Gasteiger partial charge in [0.25, 0.3) is 5.91 Å². The number of carbonyl (C=O) groups excluding carboxylic acids is 3. The number of esters is 2. The summed E-state index contributed by atoms with van der Waals surface area (Å²) in [6, 6.07) is 16.3. The van der Waals surface area contributed by atoms with Gasteiger partial charge in [-0.25, -0.2) is 9.59 Å². The minimum absolute atomic E-state index is 0.201. The first kappa shape index (κ1) is 21.7. The quantitative estimate of drug-likeness (QED) is 0.517. The minimum atomic E-state index is -0.811. The van der Waals surface area contributed by atoms with E-state index in [2.05, 4.69) is 10.1 Å². The van der Waals surface area contributed by atoms with Gasteiger partial charge in [-0.2, -0.15) is 0 Å². The van der Waals surface area contributed by atoms with Crippen LogP contribution in [0.5, 0.6) is 5.75 Å². The molecule has 0 aliphatic carbocycles. The standard InChI is InChI=1S/C22H23NO6/c1-3-28-20(25)13-14-21(26)29-15-19(24)23-22(16-7-5-4-6-8-16)17-9-11-18(27-2)12-10-17/h4-14,22H,3,15H2,1-2H3,(H,23,24)/b14-13+/t22-/m1/s1. The van der Waals surface area contributed by atoms with Crippen LogP contribution in [0.1, 0.15) is 24.1 Å². The second kappa shape index (κ2) is 11.3. The minimum Gasteiger partial charge on any atom is -0.497 e. The molecule has 0 fully saturated rings. The van der Waals surface area contributed by atoms with Crippen molar-refractivity contribution in [1.82, 2.24) is 5.32 Å². The summed E-state index contributed by atoms with van der Waals surface area (Å²) in [5.41, 5.74) is 1.72. The molecule has 2 rings (SSSR count). The maximum atomic E-state index is 12.3. The molecule has 0 radical (unpaired) electrons. The Morgan fingerprint density at radius 2 is 1.48 bits per heavy atom. The van der Waals surface area contributed by atoms with Gasteiger partial charge in [0.05, 0.1) is 19.8 Å². The number of hydrogen-bond acceptors (Lipinski definition) is 6. The molecule has 0 aliphatic heterocycles. The van der Waals surface area contributed by atoms with E-state index in [1.54, 1.807) is 26.2 Å². The molecule has 2 aromatic carbocycles. The number of carbonyl (C=O) groups is 3. The number of nitrogens with one attached hydrogen (secondary N) is 1. The van der Waals surface area contributed by atoms with Gasteiger partial charge in [0.1, 0.15) is 5.75 Å². The number of rotatable bonds is 9. The number of hydrogen-bond donors (Lipinski definition) is 1. The molecule has 152 valence electrons. The topological polar surface area (TPSA) is 90.9 Å². The van der Waals surface area contributed by atoms with Crippen molar-refractivity contribution >= 4 is 17.8 Å². The van der Waals surface area contributed by atoms with Crippen molar-refractivity contribution in [2.45, 2.75) is 13.0 Å². The van der Waals surface area contributed by atoms with E-state index in [0.29, 0.717) is 5.75 Å². The zero-order valence-electron chi connectivity index (χ0n) is 16.3. The van der Waals surface area contributed by atoms with Gasteiger partial charge in [0.2, 0.25) is 0 Å². The third-order valence-electron chi connectivity index (χ3n) is 3.87. The lowest BCUT2D eigenvalue weighted by molar-refractivity contribution is -0.144. The number of amides is 1. The maximum Gasteiger partial charge on any atom is 0.331 e. The molecule has 29 heavy (non-hydrogen) atoms. The van der Waals surface area contributed by atoms with Crippen LogP contribution in [0.3, 0.4) is 0 Å². The third kappa shape index (κ3) is 7.14. The molecule has 0 aromatic heterocycles. The third-order valence-corrected chi connectivity index (χ3v) is 3.87. The van der Waals surface area contributed by atoms with Crippen LogP contribution in [0.4, 0.5) is 0 Å². The lowest BCUT2D eigenvalue weighted by atomic mass is 9.98. The predicted octanol–water partition coefficient (Wildman–Crippen LogP) is 2.56. The lowest BCUT2D eigenvalue weighted by Crippen LogP contribution is -2.33. The molecule has 0 heterocycles. The largest absolute Gasteiger partial charge is 0.497 e. The first-order valence-corrected chi connectivity index (χ1v) is 9.03. The smallest absolute Gasteiger partial charge is 0.331 e. The average molecular weight is 397 g/mol. The van der Waals surface area contributed by atoms with Crippen LogP contribution in [-0.4, -0.2) is 38.2 Å². The normalized spacial score (nSPS) is 11.5. The van der Waals surface area contributed by atoms with Crippen molar-refractivity contribution in [1.29, 1.82) is 0 Å². The highest BCUT2D eigenvalue weighted by atomic mass is 16.5. The number of benzene rings is 2. The van der Waals surface area contributed by atoms with Gasteiger partial charge < -0.3 is 19.5 Å². The fourth-order valence-electron chi connectivity index (χ4n) is 2.51. The van der Waals surface area contributed by atoms with Crippen LogP contribution in [0.2, 0.25) is 0 Å². The molecule has 0 unspecified atom stereocenters. The van der Waals surface area contributed by atoms with Crippen LogP contribution < -0.4 is 10.1 Å². The van der Waals surface area contributed by atoms with E-state index in [1.165, 1.54) is 0 Å². The van der Waals surface area contributed by atoms with E-state index in [9.17, 15) is 14.4 Å². The Bertz CT molecular complexity index is 845. The predicted molar refractivity (Wildman–Crippen MR) is 106 cm³/mol. The summed E-state index contributed by atoms with van der Waals surface area (Å²) in [5, 5.41) is 2.85. The Balaban J connectivity index is 2.02. The summed E-state index contributed by atoms with van der Waals surface area (Å²) >= 11 is 0. The zero-order chi connectivity index (χ0) is 21.1. The Hall–Kier alpha value is -3.61. The van der Waals surface area contributed by atoms with E-state index in [4.69, 9.17) is 9.47 Å². The molecule has 0 saturated carbocycles. The summed E-state index contributed by atoms with van der Waals surface area (Å²) in [5.74, 6) is -1.24. The molecular weight excluding hydrogens is 374 g/mol. The van der Waals surface area contributed by atoms with Gasteiger partial charge in [-0.3, -0.25) is 4.79 Å². The molecular formula is C22H23NO6. The number of methoxy groups -OCH3 is 1. The SMILES string of the molecule is CCOC(=O)/C=C/C(=O)OCC(=O)N[C@H](c1ccccc1)c1ccc(OC)cc1. The van der Waals surface area contributed by atoms with Crippen molar-refractivity contribution in [3.63, 3.8) is 0 Å². The molecule has 7 nitrogen and oxygen atoms in total. The van der Waals surface area contributed by atoms with Crippen molar-refractivity contribution in [2.24, 2.45) is 0 Å². The lowest BCUT2D eigenvalue weighted by Gasteiger charge is -2.20. The Labute approximate surface area is 169 Å². The van der Waals surface area contributed by atoms with Gasteiger partial charge in [-0.05, 0) is 30.2 Å². The molecule has 1 N–H and O–H groups in total. The Morgan fingerprint density at radius 1 is 0.897 bits per heavy atom. The van der Waals surface area contributed by atoms with Crippen molar-refractivity contribution in [3.8, 4) is 5.75 Å². The Morgan fingerprint density at radius 3 is 2.07 bits per heavy atom. The summed E-state index contributed by atoms with van der Waals surface area (Å²) in [6.45, 7) is 1.37. The fourth-order valence-corrected chi connectivity index (χ4v) is 2.51. The van der Waals surface area contributed by atoms with Gasteiger partial charge in [-0.1, -0.05) is 42.5 Å². The molecule has 0 saturated heterocycles. The van der Waals surface area contributed by atoms with Gasteiger partial charge in [0, 0.05) is 12.2 Å². The summed E-state index contributed by atoms with van der Waals surface area (Å²) in [6.07, 6.45) is 1.87. The molecule has 2 aromatic rings. The van der Waals surface area contributed by atoms with Crippen molar-refractivity contribution < 1.29 is 28.6 Å². The maximum absolute atomic E-state index is 12.3. The van der Waals surface area contributed by atoms with Crippen molar-refractivity contribution in [3.05, 3.63) is 77.9 Å². The zero-order valence-corrected chi connectivity index (χ0v) is 16.3. The highest BCUT2D eigenvalue weighted by molar-refractivity contribution is 5.92. The van der Waals surface area contributed by atoms with E-state index >= 15 is 0 Å². The highest BCUT2D eigenvalue weighted by Gasteiger charge is 2.17. The Kier molecular flexibility index (Phi) is 8.44. The van der Waals surface area contributed by atoms with Crippen LogP contribution in [-0.2, 0) is 23.9 Å². The molecule has 0 bridgehead atoms. The van der Waals surface area contributed by atoms with E-state index in [1.807, 2.05) is 42.5 Å². The van der Waals surface area contributed by atoms with Crippen LogP contribution in [0, 0.1) is 0 Å². The molecule has 7 heteroatoms. The van der Waals surface area contributed by atoms with E-state index in [-0.39, 0.29) is 6.61 Å². The fraction of sp³-hybridized carbons (Fsp3) is 0.227. The second-order valence-corrected chi connectivity index (χ2v) is 5.88. The summed E-state index contributed by atoms with van der Waals surface area (Å²) < 4.78 is 14.7. The van der Waals surface area contributed by atoms with Crippen LogP contribution in [0.25, 0.3) is 0 Å². The second-order valence-electron chi connectivity index (χ2n) is 5.88. The van der Waals surface area contributed by atoms with E-state index in [0.717, 1.165) is 23.3 Å². The van der Waals surface area contributed by atoms with Gasteiger partial charge in [0.15, 0.2) is 6.61 Å². The van der Waals surface area contributed by atoms with Gasteiger partial charge in [-0.15, -0.1) is 0 Å². The van der Waals surface area contributed by atoms with Crippen molar-refractivity contribution in [2.75, 3.05) is 20.3 Å². The molecule has 1 amide bonds. The van der Waals surface area contributed by atoms with Crippen LogP contribution in [0.15, 0.2) is 66.7 Å². The van der Waals surface area contributed by atoms with Gasteiger partial charge >= 0.3 is 11.9 Å². The summed E-state index contributed by atoms with van der Waals surface area (Å²) in [7, 11) is 1.58. The monoisotopic (exact) mass is 397 g/mol. The molecule has 0 spiro atoms. The first-order chi connectivity index (χ1) is 14.0. The van der Waals surface area contributed by atoms with Crippen LogP contribution >= 0.6 is 0 Å². The molecule has 1 atom stereocenters. The highest BCUT2D eigenvalue weighted by Crippen LogP contribution is 2.24. The van der Waals surface area contributed by atoms with E-state index < -0.39 is 30.5 Å². The summed E-state index contributed by atoms with van der Waals surface area (Å²) in [4.78, 5) is 35.2. The number of ether oxygens (including phenoxy) is 3. The molecule has 0 aliphatic rings. The first-order valence-electron chi connectivity index (χ1n) is 9.03. The average Bonchev–Trinajstić information content (AvgIpc) is 2.75.